The van der Waals surface area contributed by atoms with E-state index in [0.717, 1.165) is 28.8 Å². The van der Waals surface area contributed by atoms with Crippen molar-refractivity contribution in [2.24, 2.45) is 0 Å². The highest BCUT2D eigenvalue weighted by Gasteiger charge is 2.05. The average molecular weight is 330 g/mol. The van der Waals surface area contributed by atoms with Crippen LogP contribution in [0.25, 0.3) is 0 Å². The molecule has 1 aliphatic rings. The molecule has 1 aromatic carbocycles. The summed E-state index contributed by atoms with van der Waals surface area (Å²) in [6.07, 6.45) is 6.21. The van der Waals surface area contributed by atoms with Crippen molar-refractivity contribution in [3.05, 3.63) is 51.1 Å². The Balaban J connectivity index is 2.12. The van der Waals surface area contributed by atoms with Crippen LogP contribution >= 0.6 is 31.9 Å². The first-order valence-corrected chi connectivity index (χ1v) is 6.32. The molecule has 78 valence electrons. The van der Waals surface area contributed by atoms with E-state index in [0.29, 0.717) is 0 Å². The Kier molecular flexibility index (Phi) is 3.65. The van der Waals surface area contributed by atoms with Gasteiger partial charge in [0.2, 0.25) is 0 Å². The second-order valence-electron chi connectivity index (χ2n) is 3.30. The lowest BCUT2D eigenvalue weighted by Crippen LogP contribution is -1.96. The Bertz CT molecular complexity index is 421. The maximum absolute atomic E-state index is 5.73. The minimum Gasteiger partial charge on any atom is -0.458 e. The van der Waals surface area contributed by atoms with Gasteiger partial charge in [-0.15, -0.1) is 0 Å². The van der Waals surface area contributed by atoms with E-state index in [4.69, 9.17) is 4.74 Å². The first-order chi connectivity index (χ1) is 7.24. The van der Waals surface area contributed by atoms with E-state index in [1.165, 1.54) is 4.48 Å². The maximum Gasteiger partial charge on any atom is 0.128 e. The van der Waals surface area contributed by atoms with Crippen LogP contribution in [0.1, 0.15) is 12.8 Å². The molecule has 1 aromatic rings. The van der Waals surface area contributed by atoms with Crippen LogP contribution in [-0.4, -0.2) is 0 Å². The number of benzene rings is 1. The van der Waals surface area contributed by atoms with Gasteiger partial charge in [0.15, 0.2) is 0 Å². The van der Waals surface area contributed by atoms with Crippen LogP contribution in [0.4, 0.5) is 0 Å². The lowest BCUT2D eigenvalue weighted by atomic mass is 10.2. The van der Waals surface area contributed by atoms with Gasteiger partial charge >= 0.3 is 0 Å². The molecular formula is C12H10Br2O. The van der Waals surface area contributed by atoms with Gasteiger partial charge in [-0.2, -0.15) is 0 Å². The lowest BCUT2D eigenvalue weighted by Gasteiger charge is -2.11. The van der Waals surface area contributed by atoms with E-state index in [9.17, 15) is 0 Å². The highest BCUT2D eigenvalue weighted by molar-refractivity contribution is 9.11. The summed E-state index contributed by atoms with van der Waals surface area (Å²) in [5.41, 5.74) is 0. The number of hydrogen-bond acceptors (Lipinski definition) is 1. The molecule has 0 amide bonds. The Morgan fingerprint density at radius 1 is 1.20 bits per heavy atom. The number of allylic oxidation sites excluding steroid dienone is 3. The molecule has 2 rings (SSSR count). The summed E-state index contributed by atoms with van der Waals surface area (Å²) >= 11 is 6.90. The standard InChI is InChI=1S/C12H10Br2O/c13-9-3-1-5-11(7-9)15-12-6-2-4-10(14)8-12/h1,3,5-8H,2,4H2. The van der Waals surface area contributed by atoms with E-state index in [1.807, 2.05) is 30.3 Å². The Hall–Kier alpha value is -0.540. The Labute approximate surface area is 106 Å². The largest absolute Gasteiger partial charge is 0.458 e. The number of ether oxygens (including phenoxy) is 1. The molecule has 0 aromatic heterocycles. The number of rotatable bonds is 2. The maximum atomic E-state index is 5.73. The highest BCUT2D eigenvalue weighted by Crippen LogP contribution is 2.25. The molecular weight excluding hydrogens is 320 g/mol. The van der Waals surface area contributed by atoms with Gasteiger partial charge < -0.3 is 4.74 Å². The molecule has 0 aliphatic heterocycles. The highest BCUT2D eigenvalue weighted by atomic mass is 79.9. The number of hydrogen-bond donors (Lipinski definition) is 0. The summed E-state index contributed by atoms with van der Waals surface area (Å²) < 4.78 is 7.95. The smallest absolute Gasteiger partial charge is 0.128 e. The molecule has 0 radical (unpaired) electrons. The molecule has 0 heterocycles. The van der Waals surface area contributed by atoms with Crippen molar-refractivity contribution >= 4 is 31.9 Å². The van der Waals surface area contributed by atoms with Gasteiger partial charge in [-0.1, -0.05) is 37.9 Å². The molecule has 1 aliphatic carbocycles. The quantitative estimate of drug-likeness (QED) is 0.758. The zero-order chi connectivity index (χ0) is 10.7. The van der Waals surface area contributed by atoms with Crippen LogP contribution < -0.4 is 4.74 Å². The van der Waals surface area contributed by atoms with Gasteiger partial charge in [-0.05, 0) is 47.7 Å². The molecule has 0 unspecified atom stereocenters. The predicted molar refractivity (Wildman–Crippen MR) is 69.1 cm³/mol. The molecule has 0 fully saturated rings. The van der Waals surface area contributed by atoms with Crippen molar-refractivity contribution in [2.45, 2.75) is 12.8 Å². The molecule has 1 nitrogen and oxygen atoms in total. The Morgan fingerprint density at radius 3 is 2.80 bits per heavy atom. The van der Waals surface area contributed by atoms with Crippen LogP contribution in [0, 0.1) is 0 Å². The fraction of sp³-hybridized carbons (Fsp3) is 0.167. The number of halogens is 2. The van der Waals surface area contributed by atoms with Gasteiger partial charge in [0.05, 0.1) is 0 Å². The minimum absolute atomic E-state index is 0.856. The lowest BCUT2D eigenvalue weighted by molar-refractivity contribution is 0.438. The third kappa shape index (κ3) is 3.21. The second-order valence-corrected chi connectivity index (χ2v) is 5.23. The van der Waals surface area contributed by atoms with Gasteiger partial charge in [0.1, 0.15) is 11.5 Å². The van der Waals surface area contributed by atoms with E-state index < -0.39 is 0 Å². The predicted octanol–water partition coefficient (Wildman–Crippen LogP) is 4.78. The summed E-state index contributed by atoms with van der Waals surface area (Å²) in [5.74, 6) is 1.76. The second kappa shape index (κ2) is 4.99. The van der Waals surface area contributed by atoms with Crippen LogP contribution in [0.3, 0.4) is 0 Å². The molecule has 0 spiro atoms. The van der Waals surface area contributed by atoms with Gasteiger partial charge in [0, 0.05) is 4.47 Å². The van der Waals surface area contributed by atoms with Gasteiger partial charge in [0.25, 0.3) is 0 Å². The molecule has 0 saturated carbocycles. The summed E-state index contributed by atoms with van der Waals surface area (Å²) in [6.45, 7) is 0. The van der Waals surface area contributed by atoms with E-state index in [2.05, 4.69) is 37.9 Å². The molecule has 3 heteroatoms. The van der Waals surface area contributed by atoms with E-state index >= 15 is 0 Å². The van der Waals surface area contributed by atoms with Crippen molar-refractivity contribution in [1.29, 1.82) is 0 Å². The van der Waals surface area contributed by atoms with Crippen LogP contribution in [0.15, 0.2) is 51.1 Å². The van der Waals surface area contributed by atoms with Crippen LogP contribution in [0.2, 0.25) is 0 Å². The first kappa shape index (κ1) is 11.0. The zero-order valence-electron chi connectivity index (χ0n) is 8.04. The van der Waals surface area contributed by atoms with Gasteiger partial charge in [-0.25, -0.2) is 0 Å². The topological polar surface area (TPSA) is 9.23 Å². The van der Waals surface area contributed by atoms with Crippen LogP contribution in [0.5, 0.6) is 5.75 Å². The fourth-order valence-corrected chi connectivity index (χ4v) is 2.21. The van der Waals surface area contributed by atoms with Crippen molar-refractivity contribution in [2.75, 3.05) is 0 Å². The zero-order valence-corrected chi connectivity index (χ0v) is 11.2. The molecule has 0 saturated heterocycles. The molecule has 0 N–H and O–H groups in total. The van der Waals surface area contributed by atoms with Crippen molar-refractivity contribution < 1.29 is 4.74 Å². The summed E-state index contributed by atoms with van der Waals surface area (Å²) in [4.78, 5) is 0. The minimum atomic E-state index is 0.856. The Morgan fingerprint density at radius 2 is 2.07 bits per heavy atom. The first-order valence-electron chi connectivity index (χ1n) is 4.74. The summed E-state index contributed by atoms with van der Waals surface area (Å²) in [7, 11) is 0. The molecule has 0 bridgehead atoms. The third-order valence-electron chi connectivity index (χ3n) is 2.06. The monoisotopic (exact) mass is 328 g/mol. The van der Waals surface area contributed by atoms with Gasteiger partial charge in [-0.3, -0.25) is 0 Å². The molecule has 15 heavy (non-hydrogen) atoms. The fourth-order valence-electron chi connectivity index (χ4n) is 1.38. The SMILES string of the molecule is BrC1=CC(Oc2cccc(Br)c2)=CCC1. The van der Waals surface area contributed by atoms with Crippen molar-refractivity contribution in [3.63, 3.8) is 0 Å². The van der Waals surface area contributed by atoms with Crippen molar-refractivity contribution in [3.8, 4) is 5.75 Å². The normalized spacial score (nSPS) is 15.6. The third-order valence-corrected chi connectivity index (χ3v) is 3.18. The average Bonchev–Trinajstić information content (AvgIpc) is 2.17. The van der Waals surface area contributed by atoms with E-state index in [1.54, 1.807) is 0 Å². The summed E-state index contributed by atoms with van der Waals surface area (Å²) in [5, 5.41) is 0. The van der Waals surface area contributed by atoms with E-state index in [-0.39, 0.29) is 0 Å². The van der Waals surface area contributed by atoms with Crippen molar-refractivity contribution in [1.82, 2.24) is 0 Å². The summed E-state index contributed by atoms with van der Waals surface area (Å²) in [6, 6.07) is 7.84. The molecule has 0 atom stereocenters. The van der Waals surface area contributed by atoms with Crippen LogP contribution in [-0.2, 0) is 0 Å².